The number of carbonyl (C=O) groups excluding carboxylic acids is 1. The van der Waals surface area contributed by atoms with Crippen molar-refractivity contribution in [3.63, 3.8) is 0 Å². The topological polar surface area (TPSA) is 97.7 Å². The molecule has 0 atom stereocenters. The molecule has 0 aliphatic carbocycles. The number of benzene rings is 1. The smallest absolute Gasteiger partial charge is 0.382 e. The van der Waals surface area contributed by atoms with Gasteiger partial charge in [0.25, 0.3) is 5.91 Å². The molecular weight excluding hydrogens is 397 g/mol. The van der Waals surface area contributed by atoms with E-state index in [4.69, 9.17) is 5.73 Å². The molecule has 30 heavy (non-hydrogen) atoms. The second-order valence-corrected chi connectivity index (χ2v) is 6.10. The second-order valence-electron chi connectivity index (χ2n) is 6.10. The zero-order valence-electron chi connectivity index (χ0n) is 15.8. The van der Waals surface area contributed by atoms with Gasteiger partial charge in [0, 0.05) is 30.6 Å². The van der Waals surface area contributed by atoms with Crippen molar-refractivity contribution in [3.8, 4) is 11.3 Å². The van der Waals surface area contributed by atoms with Crippen LogP contribution in [0.15, 0.2) is 72.3 Å². The van der Waals surface area contributed by atoms with Crippen LogP contribution in [0.25, 0.3) is 16.8 Å². The van der Waals surface area contributed by atoms with Crippen molar-refractivity contribution >= 4 is 23.1 Å². The summed E-state index contributed by atoms with van der Waals surface area (Å²) >= 11 is 0. The number of fused-ring (bicyclic) bond motifs is 1. The standard InChI is InChI=1S/C20H17F3N6O/c1-3-14(20(21,22)23)10-15(25-2)28-19(30)13-6-4-12(5-7-13)16-17-18(24)26-8-9-29(17)11-27-16/h3-11H,1H2,2H3,(H2,24,26)(H,25,28,30)/b14-10+. The van der Waals surface area contributed by atoms with E-state index in [1.54, 1.807) is 35.3 Å². The number of imidazole rings is 1. The number of amides is 1. The van der Waals surface area contributed by atoms with Gasteiger partial charge in [0.2, 0.25) is 0 Å². The third kappa shape index (κ3) is 4.22. The quantitative estimate of drug-likeness (QED) is 0.388. The Morgan fingerprint density at radius 1 is 1.27 bits per heavy atom. The van der Waals surface area contributed by atoms with Gasteiger partial charge < -0.3 is 15.5 Å². The lowest BCUT2D eigenvalue weighted by Crippen LogP contribution is -2.30. The van der Waals surface area contributed by atoms with E-state index in [0.717, 1.165) is 0 Å². The van der Waals surface area contributed by atoms with E-state index >= 15 is 0 Å². The Morgan fingerprint density at radius 3 is 2.57 bits per heavy atom. The maximum absolute atomic E-state index is 12.9. The number of rotatable bonds is 4. The second kappa shape index (κ2) is 8.19. The first-order valence-corrected chi connectivity index (χ1v) is 8.61. The Hall–Kier alpha value is -3.95. The van der Waals surface area contributed by atoms with E-state index in [1.807, 2.05) is 0 Å². The third-order valence-corrected chi connectivity index (χ3v) is 4.22. The average molecular weight is 414 g/mol. The van der Waals surface area contributed by atoms with Gasteiger partial charge in [-0.2, -0.15) is 13.2 Å². The molecule has 0 bridgehead atoms. The first-order valence-electron chi connectivity index (χ1n) is 8.61. The van der Waals surface area contributed by atoms with E-state index < -0.39 is 17.7 Å². The molecule has 1 amide bonds. The molecule has 2 aromatic heterocycles. The molecule has 0 fully saturated rings. The summed E-state index contributed by atoms with van der Waals surface area (Å²) in [6, 6.07) is 6.37. The van der Waals surface area contributed by atoms with E-state index in [9.17, 15) is 18.0 Å². The molecule has 0 radical (unpaired) electrons. The highest BCUT2D eigenvalue weighted by atomic mass is 19.4. The van der Waals surface area contributed by atoms with Crippen LogP contribution in [-0.4, -0.2) is 39.3 Å². The summed E-state index contributed by atoms with van der Waals surface area (Å²) in [6.45, 7) is 3.14. The molecule has 10 heteroatoms. The molecule has 0 aliphatic rings. The van der Waals surface area contributed by atoms with Crippen molar-refractivity contribution in [2.24, 2.45) is 4.99 Å². The number of amidine groups is 1. The van der Waals surface area contributed by atoms with E-state index in [2.05, 4.69) is 26.9 Å². The SMILES string of the molecule is C=C/C(=C\C(=NC)NC(=O)c1ccc(-c2ncn3ccnc(N)c23)cc1)C(F)(F)F. The van der Waals surface area contributed by atoms with Gasteiger partial charge in [-0.1, -0.05) is 24.8 Å². The fraction of sp³-hybridized carbons (Fsp3) is 0.100. The highest BCUT2D eigenvalue weighted by Crippen LogP contribution is 2.27. The summed E-state index contributed by atoms with van der Waals surface area (Å²) in [7, 11) is 1.27. The van der Waals surface area contributed by atoms with Crippen molar-refractivity contribution in [1.29, 1.82) is 0 Å². The van der Waals surface area contributed by atoms with Crippen molar-refractivity contribution in [2.45, 2.75) is 6.18 Å². The Balaban J connectivity index is 1.83. The number of alkyl halides is 3. The van der Waals surface area contributed by atoms with Crippen molar-refractivity contribution in [2.75, 3.05) is 12.8 Å². The lowest BCUT2D eigenvalue weighted by atomic mass is 10.1. The van der Waals surface area contributed by atoms with Crippen LogP contribution in [0.3, 0.4) is 0 Å². The number of carbonyl (C=O) groups is 1. The predicted molar refractivity (Wildman–Crippen MR) is 108 cm³/mol. The van der Waals surface area contributed by atoms with Crippen LogP contribution in [0.4, 0.5) is 19.0 Å². The molecule has 3 rings (SSSR count). The molecule has 0 saturated heterocycles. The first kappa shape index (κ1) is 20.8. The number of anilines is 1. The van der Waals surface area contributed by atoms with Gasteiger partial charge in [-0.3, -0.25) is 9.79 Å². The number of hydrogen-bond donors (Lipinski definition) is 2. The fourth-order valence-electron chi connectivity index (χ4n) is 2.71. The molecular formula is C20H17F3N6O. The van der Waals surface area contributed by atoms with E-state index in [1.165, 1.54) is 19.2 Å². The summed E-state index contributed by atoms with van der Waals surface area (Å²) in [5.74, 6) is -0.541. The molecule has 2 heterocycles. The Labute approximate surface area is 169 Å². The van der Waals surface area contributed by atoms with Crippen LogP contribution in [-0.2, 0) is 0 Å². The number of aliphatic imine (C=N–C) groups is 1. The van der Waals surface area contributed by atoms with Crippen LogP contribution < -0.4 is 11.1 Å². The maximum Gasteiger partial charge on any atom is 0.416 e. The van der Waals surface area contributed by atoms with Gasteiger partial charge in [-0.15, -0.1) is 0 Å². The van der Waals surface area contributed by atoms with Crippen molar-refractivity contribution < 1.29 is 18.0 Å². The van der Waals surface area contributed by atoms with Gasteiger partial charge in [0.15, 0.2) is 0 Å². The predicted octanol–water partition coefficient (Wildman–Crippen LogP) is 3.41. The zero-order valence-corrected chi connectivity index (χ0v) is 15.8. The lowest BCUT2D eigenvalue weighted by Gasteiger charge is -2.10. The molecule has 1 aromatic carbocycles. The number of aromatic nitrogens is 3. The normalized spacial score (nSPS) is 12.8. The third-order valence-electron chi connectivity index (χ3n) is 4.22. The minimum Gasteiger partial charge on any atom is -0.382 e. The molecule has 0 aliphatic heterocycles. The number of nitrogens with two attached hydrogens (primary N) is 1. The van der Waals surface area contributed by atoms with Gasteiger partial charge in [-0.05, 0) is 18.2 Å². The Kier molecular flexibility index (Phi) is 5.67. The number of hydrogen-bond acceptors (Lipinski definition) is 5. The summed E-state index contributed by atoms with van der Waals surface area (Å²) < 4.78 is 40.3. The Morgan fingerprint density at radius 2 is 1.97 bits per heavy atom. The van der Waals surface area contributed by atoms with Gasteiger partial charge in [0.05, 0.1) is 11.3 Å². The number of nitrogens with zero attached hydrogens (tertiary/aromatic N) is 4. The minimum atomic E-state index is -4.60. The molecule has 0 saturated carbocycles. The average Bonchev–Trinajstić information content (AvgIpc) is 3.15. The first-order chi connectivity index (χ1) is 14.2. The van der Waals surface area contributed by atoms with Crippen LogP contribution in [0.1, 0.15) is 10.4 Å². The summed E-state index contributed by atoms with van der Waals surface area (Å²) in [5.41, 5.74) is 7.06. The van der Waals surface area contributed by atoms with Crippen LogP contribution in [0.5, 0.6) is 0 Å². The van der Waals surface area contributed by atoms with Crippen LogP contribution in [0, 0.1) is 0 Å². The monoisotopic (exact) mass is 414 g/mol. The fourth-order valence-corrected chi connectivity index (χ4v) is 2.71. The minimum absolute atomic E-state index is 0.232. The zero-order chi connectivity index (χ0) is 21.9. The number of allylic oxidation sites excluding steroid dienone is 2. The number of nitrogens with one attached hydrogen (secondary N) is 1. The van der Waals surface area contributed by atoms with Gasteiger partial charge >= 0.3 is 6.18 Å². The maximum atomic E-state index is 12.9. The lowest BCUT2D eigenvalue weighted by molar-refractivity contribution is -0.0880. The van der Waals surface area contributed by atoms with E-state index in [-0.39, 0.29) is 11.4 Å². The summed E-state index contributed by atoms with van der Waals surface area (Å²) in [4.78, 5) is 24.5. The molecule has 154 valence electrons. The highest BCUT2D eigenvalue weighted by molar-refractivity contribution is 6.10. The van der Waals surface area contributed by atoms with Gasteiger partial charge in [0.1, 0.15) is 23.5 Å². The largest absolute Gasteiger partial charge is 0.416 e. The molecule has 3 aromatic rings. The Bertz CT molecular complexity index is 1160. The van der Waals surface area contributed by atoms with Crippen molar-refractivity contribution in [1.82, 2.24) is 19.7 Å². The number of nitrogen functional groups attached to an aromatic ring is 1. The molecule has 7 nitrogen and oxygen atoms in total. The summed E-state index contributed by atoms with van der Waals surface area (Å²) in [5, 5.41) is 2.35. The van der Waals surface area contributed by atoms with Crippen LogP contribution in [0.2, 0.25) is 0 Å². The van der Waals surface area contributed by atoms with E-state index in [0.29, 0.717) is 34.7 Å². The molecule has 3 N–H and O–H groups in total. The molecule has 0 spiro atoms. The number of halogens is 3. The van der Waals surface area contributed by atoms with Crippen molar-refractivity contribution in [3.05, 3.63) is 72.9 Å². The highest BCUT2D eigenvalue weighted by Gasteiger charge is 2.31. The van der Waals surface area contributed by atoms with Crippen LogP contribution >= 0.6 is 0 Å². The molecule has 0 unspecified atom stereocenters. The van der Waals surface area contributed by atoms with Gasteiger partial charge in [-0.25, -0.2) is 9.97 Å². The summed E-state index contributed by atoms with van der Waals surface area (Å²) in [6.07, 6.45) is 1.63.